The molecule has 2 aliphatic rings. The molecule has 55 heavy (non-hydrogen) atoms. The van der Waals surface area contributed by atoms with E-state index in [1.54, 1.807) is 0 Å². The number of thioether (sulfide) groups is 1. The third-order valence-electron chi connectivity index (χ3n) is 8.09. The molecular weight excluding hydrogens is 821 g/mol. The van der Waals surface area contributed by atoms with Crippen molar-refractivity contribution < 1.29 is 80.5 Å². The first kappa shape index (κ1) is 45.2. The smallest absolute Gasteiger partial charge is 0.386 e. The number of imidazole rings is 1. The van der Waals surface area contributed by atoms with E-state index in [-0.39, 0.29) is 47.6 Å². The molecule has 4 rings (SSSR count). The average Bonchev–Trinajstić information content (AvgIpc) is 3.84. The minimum atomic E-state index is -5.57. The molecule has 25 nitrogen and oxygen atoms in total. The molecule has 2 aliphatic heterocycles. The van der Waals surface area contributed by atoms with Crippen molar-refractivity contribution in [2.75, 3.05) is 44.3 Å². The normalized spacial score (nSPS) is 24.6. The number of aliphatic hydroxyl groups excluding tert-OH is 2. The highest BCUT2D eigenvalue weighted by Gasteiger charge is 2.50. The Morgan fingerprint density at radius 1 is 1.11 bits per heavy atom. The van der Waals surface area contributed by atoms with Gasteiger partial charge in [-0.2, -0.15) is 4.31 Å². The Kier molecular flexibility index (Phi) is 15.5. The van der Waals surface area contributed by atoms with E-state index in [9.17, 15) is 57.9 Å². The molecule has 0 radical (unpaired) electrons. The Morgan fingerprint density at radius 3 is 2.49 bits per heavy atom. The second kappa shape index (κ2) is 18.9. The second-order valence-corrected chi connectivity index (χ2v) is 18.2. The van der Waals surface area contributed by atoms with Gasteiger partial charge in [0, 0.05) is 30.7 Å². The number of aromatic nitrogens is 4. The summed E-state index contributed by atoms with van der Waals surface area (Å²) >= 11 is 1.10. The van der Waals surface area contributed by atoms with E-state index in [4.69, 9.17) is 19.5 Å². The molecule has 0 saturated carbocycles. The van der Waals surface area contributed by atoms with Crippen molar-refractivity contribution in [1.82, 2.24) is 35.5 Å². The minimum absolute atomic E-state index is 0.00341. The third kappa shape index (κ3) is 13.0. The van der Waals surface area contributed by atoms with Crippen LogP contribution in [-0.2, 0) is 50.7 Å². The summed E-state index contributed by atoms with van der Waals surface area (Å²) in [5.41, 5.74) is 4.27. The topological polar surface area (TPSA) is 376 Å². The number of nitrogens with one attached hydrogen (secondary N) is 3. The maximum Gasteiger partial charge on any atom is 0.481 e. The lowest BCUT2D eigenvalue weighted by molar-refractivity contribution is -0.137. The molecule has 11 N–H and O–H groups in total. The molecule has 2 unspecified atom stereocenters. The first-order valence-corrected chi connectivity index (χ1v) is 21.9. The lowest BCUT2D eigenvalue weighted by atomic mass is 9.87. The fourth-order valence-electron chi connectivity index (χ4n) is 5.27. The van der Waals surface area contributed by atoms with Crippen molar-refractivity contribution in [1.29, 1.82) is 0 Å². The molecule has 8 atom stereocenters. The number of nitrogens with zero attached hydrogens (tertiary/aromatic N) is 4. The molecule has 0 spiro atoms. The van der Waals surface area contributed by atoms with Gasteiger partial charge in [0.25, 0.3) is 0 Å². The second-order valence-electron chi connectivity index (χ2n) is 12.9. The monoisotopic (exact) mass is 864 g/mol. The number of rotatable bonds is 20. The van der Waals surface area contributed by atoms with Crippen LogP contribution in [-0.4, -0.2) is 135 Å². The highest BCUT2D eigenvalue weighted by molar-refractivity contribution is 8.13. The maximum absolute atomic E-state index is 12.7. The van der Waals surface area contributed by atoms with Crippen LogP contribution in [0.1, 0.15) is 39.3 Å². The standard InChI is InChI=1S/C26H43N8O17P3S/c1-26(2,20(37)23(38)30-7-5-16(35)29-8-9-55-25(39)14-4-3-6-28-14)11-48-54(45,46)51-53(43,44)47-10-15-19(50-52(40,41)42)18(36)24(49-15)34-13-33-17-21(27)31-12-32-22(17)34/h12-15,18-20,24,28,36-37H,3-11H2,1-2H3,(H,29,35)(H,30,38)(H,43,44)(H,45,46)(H2,27,31,32)(H2,40,41,42)/t14-,15+,18+,19+,20-,24+/m0/s1. The summed E-state index contributed by atoms with van der Waals surface area (Å²) in [7, 11) is -16.4. The molecule has 29 heteroatoms. The molecule has 0 aliphatic carbocycles. The zero-order valence-electron chi connectivity index (χ0n) is 29.3. The molecule has 310 valence electrons. The zero-order valence-corrected chi connectivity index (χ0v) is 32.8. The van der Waals surface area contributed by atoms with Gasteiger partial charge in [-0.15, -0.1) is 0 Å². The summed E-state index contributed by atoms with van der Waals surface area (Å²) in [5, 5.41) is 29.5. The van der Waals surface area contributed by atoms with Gasteiger partial charge in [0.15, 0.2) is 17.7 Å². The molecule has 0 aromatic carbocycles. The van der Waals surface area contributed by atoms with Gasteiger partial charge in [0.05, 0.1) is 25.6 Å². The summed E-state index contributed by atoms with van der Waals surface area (Å²) in [6.45, 7) is 1.32. The van der Waals surface area contributed by atoms with Crippen molar-refractivity contribution in [2.24, 2.45) is 5.41 Å². The number of phosphoric acid groups is 3. The number of amides is 2. The van der Waals surface area contributed by atoms with Gasteiger partial charge in [-0.1, -0.05) is 25.6 Å². The van der Waals surface area contributed by atoms with Crippen molar-refractivity contribution in [3.63, 3.8) is 0 Å². The predicted octanol–water partition coefficient (Wildman–Crippen LogP) is -1.58. The van der Waals surface area contributed by atoms with Crippen LogP contribution in [0, 0.1) is 5.41 Å². The van der Waals surface area contributed by atoms with Crippen LogP contribution in [0.3, 0.4) is 0 Å². The first-order chi connectivity index (χ1) is 25.6. The Hall–Kier alpha value is -2.48. The fraction of sp³-hybridized carbons (Fsp3) is 0.692. The maximum atomic E-state index is 12.7. The van der Waals surface area contributed by atoms with E-state index in [1.165, 1.54) is 13.8 Å². The summed E-state index contributed by atoms with van der Waals surface area (Å²) in [4.78, 5) is 87.6. The lowest BCUT2D eigenvalue weighted by Gasteiger charge is -2.30. The summed E-state index contributed by atoms with van der Waals surface area (Å²) < 4.78 is 62.1. The quantitative estimate of drug-likeness (QED) is 0.0530. The molecular formula is C26H43N8O17P3S. The van der Waals surface area contributed by atoms with Crippen LogP contribution in [0.4, 0.5) is 5.82 Å². The number of carbonyl (C=O) groups excluding carboxylic acids is 3. The van der Waals surface area contributed by atoms with E-state index in [2.05, 4.69) is 39.7 Å². The van der Waals surface area contributed by atoms with E-state index < -0.39 is 84.6 Å². The average molecular weight is 865 g/mol. The molecule has 2 aromatic heterocycles. The molecule has 4 heterocycles. The summed E-state index contributed by atoms with van der Waals surface area (Å²) in [6, 6.07) is -0.183. The van der Waals surface area contributed by atoms with Gasteiger partial charge in [-0.3, -0.25) is 32.5 Å². The van der Waals surface area contributed by atoms with Crippen LogP contribution >= 0.6 is 35.2 Å². The van der Waals surface area contributed by atoms with E-state index >= 15 is 0 Å². The van der Waals surface area contributed by atoms with Gasteiger partial charge in [-0.05, 0) is 19.4 Å². The van der Waals surface area contributed by atoms with E-state index in [1.807, 2.05) is 0 Å². The number of aliphatic hydroxyl groups is 2. The summed E-state index contributed by atoms with van der Waals surface area (Å²) in [6.07, 6.45) is -5.19. The molecule has 2 amide bonds. The van der Waals surface area contributed by atoms with E-state index in [0.29, 0.717) is 5.75 Å². The molecule has 2 saturated heterocycles. The summed E-state index contributed by atoms with van der Waals surface area (Å²) in [5.74, 6) is -1.07. The zero-order chi connectivity index (χ0) is 40.8. The van der Waals surface area contributed by atoms with Crippen LogP contribution in [0.2, 0.25) is 0 Å². The van der Waals surface area contributed by atoms with Crippen molar-refractivity contribution >= 4 is 69.1 Å². The number of phosphoric ester groups is 3. The number of ether oxygens (including phenoxy) is 1. The number of nitrogen functional groups attached to an aromatic ring is 1. The number of fused-ring (bicyclic) bond motifs is 1. The molecule has 2 aromatic rings. The fourth-order valence-corrected chi connectivity index (χ4v) is 8.90. The van der Waals surface area contributed by atoms with Crippen LogP contribution < -0.4 is 21.7 Å². The number of hydrogen-bond donors (Lipinski definition) is 10. The minimum Gasteiger partial charge on any atom is -0.386 e. The highest BCUT2D eigenvalue weighted by atomic mass is 32.2. The highest BCUT2D eigenvalue weighted by Crippen LogP contribution is 2.61. The first-order valence-electron chi connectivity index (χ1n) is 16.4. The van der Waals surface area contributed by atoms with Crippen LogP contribution in [0.25, 0.3) is 11.2 Å². The largest absolute Gasteiger partial charge is 0.481 e. The number of anilines is 1. The Morgan fingerprint density at radius 2 is 1.82 bits per heavy atom. The Labute approximate surface area is 316 Å². The van der Waals surface area contributed by atoms with Gasteiger partial charge in [0.2, 0.25) is 16.9 Å². The van der Waals surface area contributed by atoms with Gasteiger partial charge >= 0.3 is 23.5 Å². The molecule has 0 bridgehead atoms. The van der Waals surface area contributed by atoms with Crippen LogP contribution in [0.15, 0.2) is 12.7 Å². The van der Waals surface area contributed by atoms with Gasteiger partial charge < -0.3 is 56.2 Å². The third-order valence-corrected chi connectivity index (χ3v) is 12.2. The van der Waals surface area contributed by atoms with Crippen LogP contribution in [0.5, 0.6) is 0 Å². The van der Waals surface area contributed by atoms with Crippen molar-refractivity contribution in [3.05, 3.63) is 12.7 Å². The van der Waals surface area contributed by atoms with E-state index in [0.717, 1.165) is 48.4 Å². The Bertz CT molecular complexity index is 1830. The van der Waals surface area contributed by atoms with Gasteiger partial charge in [0.1, 0.15) is 36.3 Å². The lowest BCUT2D eigenvalue weighted by Crippen LogP contribution is -2.46. The van der Waals surface area contributed by atoms with Gasteiger partial charge in [-0.25, -0.2) is 28.6 Å². The molecule has 2 fully saturated rings. The number of hydrogen-bond acceptors (Lipinski definition) is 19. The SMILES string of the molecule is CC(C)(COP(=O)(O)OP(=O)(O)OC[C@H]1O[C@@H](n2cnc3c(N)ncnc32)[C@H](O)[C@@H]1OP(=O)(O)O)[C@@H](O)C(=O)NCCC(=O)NCCSC(=O)[C@@H]1CCCN1. The predicted molar refractivity (Wildman–Crippen MR) is 188 cm³/mol. The van der Waals surface area contributed by atoms with Crippen molar-refractivity contribution in [3.8, 4) is 0 Å². The Balaban J connectivity index is 1.23. The van der Waals surface area contributed by atoms with Crippen molar-refractivity contribution in [2.45, 2.75) is 69.8 Å². The number of nitrogens with two attached hydrogens (primary N) is 1. The number of carbonyl (C=O) groups is 3.